The number of rotatable bonds is 8. The van der Waals surface area contributed by atoms with E-state index in [1.807, 2.05) is 0 Å². The van der Waals surface area contributed by atoms with Gasteiger partial charge in [-0.15, -0.1) is 0 Å². The number of nitrogens with zero attached hydrogens (tertiary/aromatic N) is 1. The maximum absolute atomic E-state index is 13.3. The first-order valence-corrected chi connectivity index (χ1v) is 10.4. The molecule has 0 aliphatic carbocycles. The van der Waals surface area contributed by atoms with Crippen molar-refractivity contribution in [1.29, 1.82) is 0 Å². The number of ketones is 1. The molecule has 32 heavy (non-hydrogen) atoms. The molecular weight excluding hydrogens is 419 g/mol. The van der Waals surface area contributed by atoms with Gasteiger partial charge in [-0.2, -0.15) is 0 Å². The number of Topliss-reactive ketones (excluding diaryl/α,β-unsaturated/α-hetero) is 1. The SMILES string of the molecule is O=C(CN1C(=O)COc2ccc(C(=O)COc3cccc(F)c3)cc21)NC[C@@H]1CCCO1. The van der Waals surface area contributed by atoms with Gasteiger partial charge in [0.2, 0.25) is 5.91 Å². The molecule has 1 fully saturated rings. The third-order valence-electron chi connectivity index (χ3n) is 5.24. The zero-order chi connectivity index (χ0) is 22.5. The van der Waals surface area contributed by atoms with Gasteiger partial charge in [0, 0.05) is 24.8 Å². The molecule has 168 valence electrons. The highest BCUT2D eigenvalue weighted by Gasteiger charge is 2.28. The summed E-state index contributed by atoms with van der Waals surface area (Å²) >= 11 is 0. The second kappa shape index (κ2) is 9.78. The van der Waals surface area contributed by atoms with Crippen molar-refractivity contribution in [2.24, 2.45) is 0 Å². The molecule has 0 saturated carbocycles. The second-order valence-electron chi connectivity index (χ2n) is 7.56. The van der Waals surface area contributed by atoms with E-state index in [2.05, 4.69) is 5.32 Å². The summed E-state index contributed by atoms with van der Waals surface area (Å²) in [5, 5.41) is 2.79. The molecule has 0 radical (unpaired) electrons. The number of amides is 2. The second-order valence-corrected chi connectivity index (χ2v) is 7.56. The van der Waals surface area contributed by atoms with Crippen molar-refractivity contribution in [3.05, 3.63) is 53.8 Å². The Morgan fingerprint density at radius 3 is 2.88 bits per heavy atom. The normalized spacial score (nSPS) is 17.5. The highest BCUT2D eigenvalue weighted by atomic mass is 19.1. The molecule has 2 aromatic rings. The quantitative estimate of drug-likeness (QED) is 0.630. The van der Waals surface area contributed by atoms with Crippen molar-refractivity contribution < 1.29 is 33.0 Å². The molecule has 1 saturated heterocycles. The van der Waals surface area contributed by atoms with Crippen molar-refractivity contribution >= 4 is 23.3 Å². The molecule has 0 unspecified atom stereocenters. The molecule has 2 aromatic carbocycles. The molecule has 2 heterocycles. The minimum atomic E-state index is -0.465. The topological polar surface area (TPSA) is 94.2 Å². The minimum absolute atomic E-state index is 0.00561. The Balaban J connectivity index is 1.42. The van der Waals surface area contributed by atoms with E-state index in [1.165, 1.54) is 29.2 Å². The number of ether oxygens (including phenoxy) is 3. The number of hydrogen-bond donors (Lipinski definition) is 1. The standard InChI is InChI=1S/C23H23FN2O6/c24-16-3-1-4-17(10-16)31-13-20(27)15-6-7-21-19(9-15)26(23(29)14-32-21)12-22(28)25-11-18-5-2-8-30-18/h1,3-4,6-7,9-10,18H,2,5,8,11-14H2,(H,25,28)/t18-/m0/s1. The fourth-order valence-corrected chi connectivity index (χ4v) is 3.57. The zero-order valence-corrected chi connectivity index (χ0v) is 17.3. The first-order chi connectivity index (χ1) is 15.5. The summed E-state index contributed by atoms with van der Waals surface area (Å²) in [6.45, 7) is 0.385. The molecule has 0 bridgehead atoms. The number of anilines is 1. The summed E-state index contributed by atoms with van der Waals surface area (Å²) in [4.78, 5) is 38.7. The summed E-state index contributed by atoms with van der Waals surface area (Å²) in [6, 6.07) is 10.1. The fourth-order valence-electron chi connectivity index (χ4n) is 3.57. The van der Waals surface area contributed by atoms with Crippen molar-refractivity contribution in [3.63, 3.8) is 0 Å². The van der Waals surface area contributed by atoms with E-state index in [9.17, 15) is 18.8 Å². The number of carbonyl (C=O) groups is 3. The van der Waals surface area contributed by atoms with Crippen LogP contribution in [-0.2, 0) is 14.3 Å². The van der Waals surface area contributed by atoms with Gasteiger partial charge in [-0.05, 0) is 43.2 Å². The largest absolute Gasteiger partial charge is 0.485 e. The number of hydrogen-bond acceptors (Lipinski definition) is 6. The molecule has 1 atom stereocenters. The summed E-state index contributed by atoms with van der Waals surface area (Å²) in [6.07, 6.45) is 1.85. The van der Waals surface area contributed by atoms with Crippen LogP contribution in [-0.4, -0.2) is 56.6 Å². The summed E-state index contributed by atoms with van der Waals surface area (Å²) in [5.41, 5.74) is 0.619. The van der Waals surface area contributed by atoms with Gasteiger partial charge in [-0.25, -0.2) is 4.39 Å². The van der Waals surface area contributed by atoms with Crippen molar-refractivity contribution in [3.8, 4) is 11.5 Å². The smallest absolute Gasteiger partial charge is 0.265 e. The van der Waals surface area contributed by atoms with Gasteiger partial charge in [0.1, 0.15) is 23.9 Å². The van der Waals surface area contributed by atoms with Crippen LogP contribution in [0.3, 0.4) is 0 Å². The molecule has 2 amide bonds. The summed E-state index contributed by atoms with van der Waals surface area (Å²) < 4.78 is 29.6. The van der Waals surface area contributed by atoms with Crippen LogP contribution in [0.4, 0.5) is 10.1 Å². The molecule has 2 aliphatic heterocycles. The molecule has 1 N–H and O–H groups in total. The lowest BCUT2D eigenvalue weighted by atomic mass is 10.1. The van der Waals surface area contributed by atoms with Crippen LogP contribution in [0.5, 0.6) is 11.5 Å². The predicted molar refractivity (Wildman–Crippen MR) is 112 cm³/mol. The lowest BCUT2D eigenvalue weighted by Gasteiger charge is -2.29. The van der Waals surface area contributed by atoms with Gasteiger partial charge < -0.3 is 19.5 Å². The molecular formula is C23H23FN2O6. The van der Waals surface area contributed by atoms with Gasteiger partial charge in [0.15, 0.2) is 19.0 Å². The average molecular weight is 442 g/mol. The van der Waals surface area contributed by atoms with E-state index >= 15 is 0 Å². The van der Waals surface area contributed by atoms with Crippen molar-refractivity contribution in [1.82, 2.24) is 5.32 Å². The van der Waals surface area contributed by atoms with Crippen LogP contribution in [0.1, 0.15) is 23.2 Å². The average Bonchev–Trinajstić information content (AvgIpc) is 3.31. The van der Waals surface area contributed by atoms with Crippen LogP contribution in [0.15, 0.2) is 42.5 Å². The molecule has 4 rings (SSSR count). The van der Waals surface area contributed by atoms with E-state index < -0.39 is 5.82 Å². The molecule has 0 aromatic heterocycles. The van der Waals surface area contributed by atoms with Gasteiger partial charge in [0.25, 0.3) is 5.91 Å². The van der Waals surface area contributed by atoms with Crippen molar-refractivity contribution in [2.45, 2.75) is 18.9 Å². The Kier molecular flexibility index (Phi) is 6.65. The number of halogens is 1. The van der Waals surface area contributed by atoms with E-state index in [4.69, 9.17) is 14.2 Å². The fraction of sp³-hybridized carbons (Fsp3) is 0.348. The van der Waals surface area contributed by atoms with Gasteiger partial charge in [-0.3, -0.25) is 19.3 Å². The molecule has 0 spiro atoms. The van der Waals surface area contributed by atoms with Crippen LogP contribution >= 0.6 is 0 Å². The third kappa shape index (κ3) is 5.23. The van der Waals surface area contributed by atoms with Gasteiger partial charge in [-0.1, -0.05) is 6.07 Å². The number of benzene rings is 2. The zero-order valence-electron chi connectivity index (χ0n) is 17.3. The van der Waals surface area contributed by atoms with Crippen LogP contribution in [0, 0.1) is 5.82 Å². The third-order valence-corrected chi connectivity index (χ3v) is 5.24. The Labute approximate surface area is 184 Å². The number of fused-ring (bicyclic) bond motifs is 1. The maximum Gasteiger partial charge on any atom is 0.265 e. The molecule has 2 aliphatic rings. The Morgan fingerprint density at radius 2 is 2.09 bits per heavy atom. The van der Waals surface area contributed by atoms with Crippen LogP contribution in [0.25, 0.3) is 0 Å². The summed E-state index contributed by atoms with van der Waals surface area (Å²) in [5.74, 6) is -0.901. The highest BCUT2D eigenvalue weighted by molar-refractivity contribution is 6.04. The van der Waals surface area contributed by atoms with Gasteiger partial charge >= 0.3 is 0 Å². The van der Waals surface area contributed by atoms with E-state index in [0.29, 0.717) is 24.6 Å². The van der Waals surface area contributed by atoms with E-state index in [1.54, 1.807) is 18.2 Å². The highest BCUT2D eigenvalue weighted by Crippen LogP contribution is 2.33. The minimum Gasteiger partial charge on any atom is -0.485 e. The van der Waals surface area contributed by atoms with Crippen LogP contribution in [0.2, 0.25) is 0 Å². The lowest BCUT2D eigenvalue weighted by molar-refractivity contribution is -0.125. The Hall–Kier alpha value is -3.46. The monoisotopic (exact) mass is 442 g/mol. The lowest BCUT2D eigenvalue weighted by Crippen LogP contribution is -2.46. The van der Waals surface area contributed by atoms with E-state index in [0.717, 1.165) is 12.8 Å². The van der Waals surface area contributed by atoms with Crippen molar-refractivity contribution in [2.75, 3.05) is 37.8 Å². The van der Waals surface area contributed by atoms with Gasteiger partial charge in [0.05, 0.1) is 11.8 Å². The first-order valence-electron chi connectivity index (χ1n) is 10.4. The maximum atomic E-state index is 13.3. The first kappa shape index (κ1) is 21.8. The predicted octanol–water partition coefficient (Wildman–Crippen LogP) is 2.11. The van der Waals surface area contributed by atoms with E-state index in [-0.39, 0.29) is 54.8 Å². The van der Waals surface area contributed by atoms with Crippen LogP contribution < -0.4 is 19.7 Å². The Bertz CT molecular complexity index is 1020. The molecule has 8 nitrogen and oxygen atoms in total. The number of carbonyl (C=O) groups excluding carboxylic acids is 3. The summed E-state index contributed by atoms with van der Waals surface area (Å²) in [7, 11) is 0. The Morgan fingerprint density at radius 1 is 1.22 bits per heavy atom. The molecule has 9 heteroatoms. The number of nitrogens with one attached hydrogen (secondary N) is 1.